The van der Waals surface area contributed by atoms with Crippen LogP contribution >= 0.6 is 0 Å². The third kappa shape index (κ3) is 4.56. The van der Waals surface area contributed by atoms with E-state index in [0.29, 0.717) is 6.54 Å². The van der Waals surface area contributed by atoms with Crippen LogP contribution in [0.4, 0.5) is 5.69 Å². The highest BCUT2D eigenvalue weighted by atomic mass is 16.2. The maximum Gasteiger partial charge on any atom is 0.246 e. The molecule has 0 saturated heterocycles. The molecule has 116 valence electrons. The molecule has 0 aliphatic heterocycles. The number of carbonyl (C=O) groups is 2. The Morgan fingerprint density at radius 2 is 1.90 bits per heavy atom. The van der Waals surface area contributed by atoms with Crippen LogP contribution in [0.1, 0.15) is 26.3 Å². The smallest absolute Gasteiger partial charge is 0.246 e. The van der Waals surface area contributed by atoms with E-state index in [1.165, 1.54) is 0 Å². The fraction of sp³-hybridized carbons (Fsp3) is 0.500. The summed E-state index contributed by atoms with van der Waals surface area (Å²) in [6, 6.07) is 7.09. The second-order valence-electron chi connectivity index (χ2n) is 5.41. The molecule has 0 saturated carbocycles. The Morgan fingerprint density at radius 1 is 1.29 bits per heavy atom. The zero-order valence-electron chi connectivity index (χ0n) is 13.2. The maximum atomic E-state index is 12.3. The summed E-state index contributed by atoms with van der Waals surface area (Å²) in [6.45, 7) is 8.12. The van der Waals surface area contributed by atoms with Crippen molar-refractivity contribution in [2.75, 3.05) is 18.0 Å². The lowest BCUT2D eigenvalue weighted by molar-refractivity contribution is -0.126. The van der Waals surface area contributed by atoms with Gasteiger partial charge >= 0.3 is 0 Å². The first-order valence-electron chi connectivity index (χ1n) is 7.27. The molecule has 0 unspecified atom stereocenters. The van der Waals surface area contributed by atoms with Gasteiger partial charge in [-0.1, -0.05) is 32.0 Å². The molecule has 5 nitrogen and oxygen atoms in total. The number of hydrogen-bond acceptors (Lipinski definition) is 3. The van der Waals surface area contributed by atoms with Crippen LogP contribution in [0.3, 0.4) is 0 Å². The quantitative estimate of drug-likeness (QED) is 0.833. The highest BCUT2D eigenvalue weighted by molar-refractivity contribution is 5.97. The molecule has 21 heavy (non-hydrogen) atoms. The van der Waals surface area contributed by atoms with E-state index in [4.69, 9.17) is 5.73 Å². The number of nitrogens with zero attached hydrogens (tertiary/aromatic N) is 1. The molecule has 0 aliphatic rings. The topological polar surface area (TPSA) is 75.4 Å². The molecule has 2 amide bonds. The minimum atomic E-state index is -0.591. The van der Waals surface area contributed by atoms with Crippen molar-refractivity contribution in [3.05, 3.63) is 29.8 Å². The number of para-hydroxylation sites is 1. The Balaban J connectivity index is 2.69. The minimum Gasteiger partial charge on any atom is -0.346 e. The zero-order valence-corrected chi connectivity index (χ0v) is 13.2. The fourth-order valence-corrected chi connectivity index (χ4v) is 2.03. The highest BCUT2D eigenvalue weighted by Gasteiger charge is 2.20. The fourth-order valence-electron chi connectivity index (χ4n) is 2.03. The van der Waals surface area contributed by atoms with Gasteiger partial charge in [-0.25, -0.2) is 0 Å². The van der Waals surface area contributed by atoms with Gasteiger partial charge in [0.15, 0.2) is 0 Å². The number of aryl methyl sites for hydroxylation is 1. The van der Waals surface area contributed by atoms with Gasteiger partial charge in [0.1, 0.15) is 0 Å². The minimum absolute atomic E-state index is 0.0403. The summed E-state index contributed by atoms with van der Waals surface area (Å²) in [5.74, 6) is -0.394. The first-order chi connectivity index (χ1) is 9.88. The van der Waals surface area contributed by atoms with Crippen molar-refractivity contribution in [1.82, 2.24) is 5.32 Å². The van der Waals surface area contributed by atoms with Crippen LogP contribution in [-0.2, 0) is 9.59 Å². The number of carbonyl (C=O) groups excluding carboxylic acids is 2. The molecule has 0 radical (unpaired) electrons. The molecule has 1 atom stereocenters. The van der Waals surface area contributed by atoms with Crippen molar-refractivity contribution < 1.29 is 9.59 Å². The van der Waals surface area contributed by atoms with Crippen molar-refractivity contribution in [2.24, 2.45) is 11.7 Å². The van der Waals surface area contributed by atoms with Crippen molar-refractivity contribution in [3.63, 3.8) is 0 Å². The second kappa shape index (κ2) is 7.78. The van der Waals surface area contributed by atoms with Crippen LogP contribution < -0.4 is 16.0 Å². The molecular weight excluding hydrogens is 266 g/mol. The van der Waals surface area contributed by atoms with E-state index in [1.54, 1.807) is 4.90 Å². The monoisotopic (exact) mass is 291 g/mol. The Kier molecular flexibility index (Phi) is 6.37. The largest absolute Gasteiger partial charge is 0.346 e. The third-order valence-electron chi connectivity index (χ3n) is 3.46. The average molecular weight is 291 g/mol. The molecule has 0 fully saturated rings. The summed E-state index contributed by atoms with van der Waals surface area (Å²) < 4.78 is 0. The summed E-state index contributed by atoms with van der Waals surface area (Å²) >= 11 is 0. The summed E-state index contributed by atoms with van der Waals surface area (Å²) in [5.41, 5.74) is 7.65. The normalized spacial score (nSPS) is 12.1. The van der Waals surface area contributed by atoms with Gasteiger partial charge in [0.25, 0.3) is 0 Å². The van der Waals surface area contributed by atoms with Gasteiger partial charge in [-0.15, -0.1) is 0 Å². The maximum absolute atomic E-state index is 12.3. The third-order valence-corrected chi connectivity index (χ3v) is 3.46. The Bertz CT molecular complexity index is 500. The summed E-state index contributed by atoms with van der Waals surface area (Å²) in [7, 11) is 0. The first-order valence-corrected chi connectivity index (χ1v) is 7.27. The van der Waals surface area contributed by atoms with Gasteiger partial charge in [0.2, 0.25) is 11.8 Å². The van der Waals surface area contributed by atoms with Crippen LogP contribution in [0.25, 0.3) is 0 Å². The van der Waals surface area contributed by atoms with Crippen LogP contribution in [0, 0.1) is 12.8 Å². The number of nitrogens with one attached hydrogen (secondary N) is 1. The zero-order chi connectivity index (χ0) is 16.0. The molecular formula is C16H25N3O2. The lowest BCUT2D eigenvalue weighted by Crippen LogP contribution is -2.48. The summed E-state index contributed by atoms with van der Waals surface area (Å²) in [4.78, 5) is 25.8. The molecule has 5 heteroatoms. The average Bonchev–Trinajstić information content (AvgIpc) is 2.46. The van der Waals surface area contributed by atoms with Gasteiger partial charge in [-0.2, -0.15) is 0 Å². The number of nitrogens with two attached hydrogens (primary N) is 1. The van der Waals surface area contributed by atoms with E-state index >= 15 is 0 Å². The van der Waals surface area contributed by atoms with Crippen molar-refractivity contribution in [3.8, 4) is 0 Å². The van der Waals surface area contributed by atoms with Gasteiger partial charge in [0, 0.05) is 12.2 Å². The summed E-state index contributed by atoms with van der Waals surface area (Å²) in [5, 5.41) is 2.61. The predicted octanol–water partition coefficient (Wildman–Crippen LogP) is 1.45. The van der Waals surface area contributed by atoms with E-state index in [9.17, 15) is 9.59 Å². The van der Waals surface area contributed by atoms with E-state index in [2.05, 4.69) is 5.32 Å². The van der Waals surface area contributed by atoms with Gasteiger partial charge < -0.3 is 16.0 Å². The number of likely N-dealkylation sites (N-methyl/N-ethyl adjacent to an activating group) is 1. The number of rotatable bonds is 6. The van der Waals surface area contributed by atoms with Crippen LogP contribution in [0.15, 0.2) is 24.3 Å². The summed E-state index contributed by atoms with van der Waals surface area (Å²) in [6.07, 6.45) is 0. The second-order valence-corrected chi connectivity index (χ2v) is 5.41. The highest BCUT2D eigenvalue weighted by Crippen LogP contribution is 2.19. The molecule has 1 aromatic carbocycles. The number of benzene rings is 1. The van der Waals surface area contributed by atoms with Crippen molar-refractivity contribution >= 4 is 17.5 Å². The molecule has 0 aliphatic carbocycles. The lowest BCUT2D eigenvalue weighted by atomic mass is 10.1. The SMILES string of the molecule is CCN(C(=O)CNC(=O)[C@@H](N)C(C)C)c1ccccc1C. The predicted molar refractivity (Wildman–Crippen MR) is 85.0 cm³/mol. The van der Waals surface area contributed by atoms with Gasteiger partial charge in [0.05, 0.1) is 12.6 Å². The van der Waals surface area contributed by atoms with E-state index < -0.39 is 6.04 Å². The molecule has 0 aromatic heterocycles. The molecule has 1 aromatic rings. The number of anilines is 1. The number of hydrogen-bond donors (Lipinski definition) is 2. The Morgan fingerprint density at radius 3 is 2.43 bits per heavy atom. The number of amides is 2. The van der Waals surface area contributed by atoms with Gasteiger partial charge in [-0.05, 0) is 31.4 Å². The standard InChI is InChI=1S/C16H25N3O2/c1-5-19(13-9-7-6-8-12(13)4)14(20)10-18-16(21)15(17)11(2)3/h6-9,11,15H,5,10,17H2,1-4H3,(H,18,21)/t15-/m0/s1. The van der Waals surface area contributed by atoms with Gasteiger partial charge in [-0.3, -0.25) is 9.59 Å². The molecule has 0 spiro atoms. The molecule has 0 bridgehead atoms. The molecule has 0 heterocycles. The van der Waals surface area contributed by atoms with E-state index in [-0.39, 0.29) is 24.3 Å². The lowest BCUT2D eigenvalue weighted by Gasteiger charge is -2.23. The van der Waals surface area contributed by atoms with E-state index in [0.717, 1.165) is 11.3 Å². The van der Waals surface area contributed by atoms with E-state index in [1.807, 2.05) is 52.0 Å². The van der Waals surface area contributed by atoms with Crippen molar-refractivity contribution in [2.45, 2.75) is 33.7 Å². The van der Waals surface area contributed by atoms with Crippen LogP contribution in [-0.4, -0.2) is 30.9 Å². The van der Waals surface area contributed by atoms with Crippen LogP contribution in [0.5, 0.6) is 0 Å². The molecule has 1 rings (SSSR count). The van der Waals surface area contributed by atoms with Crippen LogP contribution in [0.2, 0.25) is 0 Å². The Labute approximate surface area is 126 Å². The molecule has 3 N–H and O–H groups in total. The first kappa shape index (κ1) is 17.2. The van der Waals surface area contributed by atoms with Crippen molar-refractivity contribution in [1.29, 1.82) is 0 Å². The Hall–Kier alpha value is -1.88.